The van der Waals surface area contributed by atoms with Gasteiger partial charge in [0.1, 0.15) is 17.3 Å². The molecule has 0 radical (unpaired) electrons. The zero-order valence-electron chi connectivity index (χ0n) is 35.5. The molecule has 59 heavy (non-hydrogen) atoms. The number of aromatic nitrogens is 5. The molecule has 0 bridgehead atoms. The third-order valence-electron chi connectivity index (χ3n) is 11.4. The van der Waals surface area contributed by atoms with Crippen LogP contribution in [0.1, 0.15) is 79.0 Å². The minimum atomic E-state index is -0.0353. The van der Waals surface area contributed by atoms with E-state index in [2.05, 4.69) is 204 Å². The molecule has 0 aliphatic carbocycles. The number of hydrogen-bond donors (Lipinski definition) is 0. The number of hydrogen-bond acceptors (Lipinski definition) is 3. The SMILES string of the molecule is CC(C)(C)c1cccc(-[n+]2[c-]n(-c3cc(Oc4ccc5c6cc(-c7ccccc7)ccc6n(-c6cc(C(C)(C)C)ccn6)c5c4)ccn3)c3cc(C(C)(C)C)ccc32)c1. The van der Waals surface area contributed by atoms with E-state index in [9.17, 15) is 0 Å². The fourth-order valence-corrected chi connectivity index (χ4v) is 7.90. The molecule has 9 rings (SSSR count). The molecule has 4 aromatic heterocycles. The standard InChI is InChI=1S/C53H51N5O/c1-51(2,3)37-16-13-17-40(29-37)56-34-57(48-30-38(52(4,5)6)19-23-46(48)56)49-33-42(25-27-54-49)59-41-20-21-43-44-28-36(35-14-11-10-12-15-35)18-22-45(44)58(47(43)32-41)50-31-39(24-26-55-50)53(7,8)9/h10-33H,1-9H3. The van der Waals surface area contributed by atoms with Crippen molar-refractivity contribution in [2.75, 3.05) is 0 Å². The maximum Gasteiger partial charge on any atom is 0.271 e. The lowest BCUT2D eigenvalue weighted by Gasteiger charge is -2.20. The molecule has 0 fully saturated rings. The second-order valence-corrected chi connectivity index (χ2v) is 18.7. The van der Waals surface area contributed by atoms with Crippen LogP contribution in [0.25, 0.3) is 61.3 Å². The van der Waals surface area contributed by atoms with Crippen molar-refractivity contribution < 1.29 is 9.30 Å². The molecule has 4 heterocycles. The number of imidazole rings is 1. The Kier molecular flexibility index (Phi) is 9.08. The predicted molar refractivity (Wildman–Crippen MR) is 242 cm³/mol. The number of nitrogens with zero attached hydrogens (tertiary/aromatic N) is 5. The van der Waals surface area contributed by atoms with Gasteiger partial charge in [0, 0.05) is 35.3 Å². The molecule has 6 nitrogen and oxygen atoms in total. The first-order chi connectivity index (χ1) is 28.1. The normalized spacial score (nSPS) is 12.5. The van der Waals surface area contributed by atoms with Crippen LogP contribution in [0, 0.1) is 6.33 Å². The summed E-state index contributed by atoms with van der Waals surface area (Å²) in [7, 11) is 0. The van der Waals surface area contributed by atoms with Gasteiger partial charge in [-0.3, -0.25) is 18.7 Å². The first-order valence-electron chi connectivity index (χ1n) is 20.5. The van der Waals surface area contributed by atoms with Crippen molar-refractivity contribution in [3.8, 4) is 39.9 Å². The lowest BCUT2D eigenvalue weighted by Crippen LogP contribution is -2.30. The summed E-state index contributed by atoms with van der Waals surface area (Å²) in [5.74, 6) is 2.99. The Morgan fingerprint density at radius 3 is 1.95 bits per heavy atom. The van der Waals surface area contributed by atoms with Gasteiger partial charge in [-0.2, -0.15) is 0 Å². The first-order valence-corrected chi connectivity index (χ1v) is 20.5. The monoisotopic (exact) mass is 773 g/mol. The number of fused-ring (bicyclic) bond motifs is 4. The molecule has 294 valence electrons. The van der Waals surface area contributed by atoms with Crippen LogP contribution in [0.4, 0.5) is 0 Å². The Hall–Kier alpha value is -6.53. The average molecular weight is 774 g/mol. The zero-order chi connectivity index (χ0) is 41.3. The van der Waals surface area contributed by atoms with E-state index in [1.165, 1.54) is 27.8 Å². The molecule has 0 spiro atoms. The van der Waals surface area contributed by atoms with Gasteiger partial charge in [-0.1, -0.05) is 123 Å². The average Bonchev–Trinajstić information content (AvgIpc) is 3.76. The number of pyridine rings is 2. The van der Waals surface area contributed by atoms with Gasteiger partial charge in [0.05, 0.1) is 27.8 Å². The van der Waals surface area contributed by atoms with E-state index in [1.807, 2.05) is 24.5 Å². The van der Waals surface area contributed by atoms with Gasteiger partial charge in [0.15, 0.2) is 5.82 Å². The van der Waals surface area contributed by atoms with E-state index in [4.69, 9.17) is 14.7 Å². The topological polar surface area (TPSA) is 48.8 Å². The fraction of sp³-hybridized carbons (Fsp3) is 0.226. The van der Waals surface area contributed by atoms with Crippen molar-refractivity contribution in [1.29, 1.82) is 0 Å². The second kappa shape index (κ2) is 14.1. The molecule has 0 atom stereocenters. The van der Waals surface area contributed by atoms with Crippen LogP contribution in [0.3, 0.4) is 0 Å². The number of ether oxygens (including phenoxy) is 1. The van der Waals surface area contributed by atoms with Crippen molar-refractivity contribution in [1.82, 2.24) is 19.1 Å². The van der Waals surface area contributed by atoms with Crippen molar-refractivity contribution in [2.24, 2.45) is 0 Å². The molecule has 0 aliphatic heterocycles. The summed E-state index contributed by atoms with van der Waals surface area (Å²) in [5, 5.41) is 2.29. The van der Waals surface area contributed by atoms with Crippen LogP contribution in [0.15, 0.2) is 146 Å². The lowest BCUT2D eigenvalue weighted by molar-refractivity contribution is -0.572. The Morgan fingerprint density at radius 2 is 1.19 bits per heavy atom. The highest BCUT2D eigenvalue weighted by atomic mass is 16.5. The van der Waals surface area contributed by atoms with Crippen LogP contribution in [0.2, 0.25) is 0 Å². The number of benzene rings is 5. The molecular formula is C53H51N5O. The highest BCUT2D eigenvalue weighted by molar-refractivity contribution is 6.10. The molecule has 5 aromatic carbocycles. The van der Waals surface area contributed by atoms with E-state index >= 15 is 0 Å². The molecule has 9 aromatic rings. The Morgan fingerprint density at radius 1 is 0.492 bits per heavy atom. The lowest BCUT2D eigenvalue weighted by atomic mass is 9.86. The zero-order valence-corrected chi connectivity index (χ0v) is 35.5. The van der Waals surface area contributed by atoms with E-state index in [1.54, 1.807) is 0 Å². The molecule has 6 heteroatoms. The summed E-state index contributed by atoms with van der Waals surface area (Å²) in [6.07, 6.45) is 7.40. The van der Waals surface area contributed by atoms with Gasteiger partial charge in [-0.05, 0) is 105 Å². The molecule has 0 saturated carbocycles. The Bertz CT molecular complexity index is 3020. The van der Waals surface area contributed by atoms with Gasteiger partial charge >= 0.3 is 0 Å². The molecular weight excluding hydrogens is 723 g/mol. The van der Waals surface area contributed by atoms with Crippen molar-refractivity contribution >= 4 is 32.8 Å². The quantitative estimate of drug-likeness (QED) is 0.125. The van der Waals surface area contributed by atoms with Crippen molar-refractivity contribution in [2.45, 2.75) is 78.6 Å². The Balaban J connectivity index is 1.16. The molecule has 0 saturated heterocycles. The van der Waals surface area contributed by atoms with Crippen LogP contribution in [0.5, 0.6) is 11.5 Å². The summed E-state index contributed by atoms with van der Waals surface area (Å²) in [6, 6.07) is 47.3. The van der Waals surface area contributed by atoms with E-state index in [-0.39, 0.29) is 16.2 Å². The number of rotatable bonds is 6. The van der Waals surface area contributed by atoms with Crippen LogP contribution in [-0.4, -0.2) is 19.1 Å². The molecule has 0 aliphatic rings. The first kappa shape index (κ1) is 38.0. The van der Waals surface area contributed by atoms with Crippen LogP contribution < -0.4 is 9.30 Å². The van der Waals surface area contributed by atoms with Crippen LogP contribution >= 0.6 is 0 Å². The van der Waals surface area contributed by atoms with E-state index < -0.39 is 0 Å². The van der Waals surface area contributed by atoms with Gasteiger partial charge < -0.3 is 4.74 Å². The van der Waals surface area contributed by atoms with Gasteiger partial charge in [0.25, 0.3) is 6.33 Å². The second-order valence-electron chi connectivity index (χ2n) is 18.7. The summed E-state index contributed by atoms with van der Waals surface area (Å²) in [6.45, 7) is 20.2. The third-order valence-corrected chi connectivity index (χ3v) is 11.4. The van der Waals surface area contributed by atoms with E-state index in [0.717, 1.165) is 55.9 Å². The summed E-state index contributed by atoms with van der Waals surface area (Å²) in [4.78, 5) is 9.80. The third kappa shape index (κ3) is 7.18. The molecule has 0 amide bonds. The Labute approximate surface area is 347 Å². The van der Waals surface area contributed by atoms with Crippen molar-refractivity contribution in [3.63, 3.8) is 0 Å². The summed E-state index contributed by atoms with van der Waals surface area (Å²) < 4.78 is 13.2. The predicted octanol–water partition coefficient (Wildman–Crippen LogP) is 12.9. The van der Waals surface area contributed by atoms with Gasteiger partial charge in [-0.25, -0.2) is 4.98 Å². The highest BCUT2D eigenvalue weighted by Gasteiger charge is 2.22. The van der Waals surface area contributed by atoms with Gasteiger partial charge in [-0.15, -0.1) is 0 Å². The smallest absolute Gasteiger partial charge is 0.271 e. The van der Waals surface area contributed by atoms with Crippen LogP contribution in [-0.2, 0) is 16.2 Å². The summed E-state index contributed by atoms with van der Waals surface area (Å²) in [5.41, 5.74) is 11.3. The maximum atomic E-state index is 6.73. The molecule has 0 N–H and O–H groups in total. The van der Waals surface area contributed by atoms with E-state index in [0.29, 0.717) is 5.75 Å². The fourth-order valence-electron chi connectivity index (χ4n) is 7.90. The highest BCUT2D eigenvalue weighted by Crippen LogP contribution is 2.38. The minimum absolute atomic E-state index is 0.0109. The molecule has 0 unspecified atom stereocenters. The van der Waals surface area contributed by atoms with Gasteiger partial charge in [0.2, 0.25) is 0 Å². The largest absolute Gasteiger partial charge is 0.458 e. The maximum absolute atomic E-state index is 6.73. The van der Waals surface area contributed by atoms with Crippen molar-refractivity contribution in [3.05, 3.63) is 169 Å². The summed E-state index contributed by atoms with van der Waals surface area (Å²) >= 11 is 0. The minimum Gasteiger partial charge on any atom is -0.458 e.